The molecule has 8 aromatic rings. The van der Waals surface area contributed by atoms with Crippen molar-refractivity contribution in [3.63, 3.8) is 0 Å². The van der Waals surface area contributed by atoms with E-state index in [2.05, 4.69) is 35.7 Å². The third kappa shape index (κ3) is 9.02. The number of benzene rings is 2. The molecule has 6 heterocycles. The van der Waals surface area contributed by atoms with Gasteiger partial charge in [-0.2, -0.15) is 5.10 Å². The summed E-state index contributed by atoms with van der Waals surface area (Å²) in [7, 11) is 0. The monoisotopic (exact) mass is 864 g/mol. The molecule has 1 amide bonds. The van der Waals surface area contributed by atoms with Crippen molar-refractivity contribution in [3.8, 4) is 5.69 Å². The van der Waals surface area contributed by atoms with E-state index in [4.69, 9.17) is 39.6 Å². The Labute approximate surface area is 360 Å². The highest BCUT2D eigenvalue weighted by Crippen LogP contribution is 2.27. The lowest BCUT2D eigenvalue weighted by molar-refractivity contribution is 0.0699. The van der Waals surface area contributed by atoms with E-state index in [-0.39, 0.29) is 71.8 Å². The molecule has 0 unspecified atom stereocenters. The predicted octanol–water partition coefficient (Wildman–Crippen LogP) is 6.05. The third-order valence-corrected chi connectivity index (χ3v) is 9.60. The maximum Gasteiger partial charge on any atom is 0.343 e. The number of fused-ring (bicyclic) bond motifs is 3. The summed E-state index contributed by atoms with van der Waals surface area (Å²) in [5.41, 5.74) is 27.5. The van der Waals surface area contributed by atoms with Gasteiger partial charge in [-0.3, -0.25) is 24.0 Å². The number of para-hydroxylation sites is 1. The molecule has 1 atom stereocenters. The molecule has 0 saturated heterocycles. The lowest BCUT2D eigenvalue weighted by Gasteiger charge is -2.21. The van der Waals surface area contributed by atoms with Gasteiger partial charge in [0.1, 0.15) is 22.5 Å². The maximum atomic E-state index is 13.6. The van der Waals surface area contributed by atoms with Gasteiger partial charge in [-0.15, -0.1) is 10.2 Å². The first-order chi connectivity index (χ1) is 28.4. The topological polar surface area (TPSA) is 299 Å². The van der Waals surface area contributed by atoms with Gasteiger partial charge >= 0.3 is 5.97 Å². The zero-order chi connectivity index (χ0) is 43.7. The fourth-order valence-electron chi connectivity index (χ4n) is 6.68. The first-order valence-electron chi connectivity index (χ1n) is 18.2. The van der Waals surface area contributed by atoms with E-state index in [0.717, 1.165) is 22.8 Å². The van der Waals surface area contributed by atoms with Crippen LogP contribution in [0.2, 0.25) is 5.02 Å². The molecule has 8 rings (SSSR count). The molecule has 0 aliphatic carbocycles. The summed E-state index contributed by atoms with van der Waals surface area (Å²) in [5, 5.41) is 27.6. The Kier molecular flexibility index (Phi) is 14.1. The van der Waals surface area contributed by atoms with Gasteiger partial charge in [0.05, 0.1) is 16.5 Å². The number of carbonyl (C=O) groups excluding carboxylic acids is 2. The molecule has 6 aromatic heterocycles. The number of nitrogens with one attached hydrogen (secondary N) is 2. The minimum atomic E-state index is -1.11. The number of amides is 1. The molecule has 11 N–H and O–H groups in total. The molecule has 0 aliphatic rings. The van der Waals surface area contributed by atoms with Crippen LogP contribution in [0.4, 0.5) is 23.3 Å². The molecule has 19 nitrogen and oxygen atoms in total. The molecule has 324 valence electrons. The van der Waals surface area contributed by atoms with Crippen LogP contribution in [-0.2, 0) is 0 Å². The van der Waals surface area contributed by atoms with Gasteiger partial charge < -0.3 is 33.4 Å². The molecule has 62 heavy (non-hydrogen) atoms. The number of nitrogens with zero attached hydrogens (tertiary/aromatic N) is 8. The molecule has 0 bridgehead atoms. The van der Waals surface area contributed by atoms with Gasteiger partial charge in [0.25, 0.3) is 11.5 Å². The standard InChI is InChI=1S/C26H23ClN6O2.C9H10N4O2.C5H8N4O.2CH4/c1-14-12-15(2)33-24(29-14)22(23(28)31-33)25(34)30-16(3)20-13-17-8-7-11-19(27)21(17)26(35)32(20)18-9-5-4-6-10-18;1-4-3-5(2)13-8(11-4)6(9(14)15)7(10)12-13;1-2(10)3-4(6)8-9-5(3)7;;/h4-13,16H,1-3H3,(H2,28,31)(H,30,34);3H,1-2H3,(H2,10,12)(H,14,15);1H3,(H5,6,7,8,9);2*1H4/t16-;;;;/m0..../s1. The Morgan fingerprint density at radius 2 is 1.32 bits per heavy atom. The van der Waals surface area contributed by atoms with Crippen LogP contribution in [0.1, 0.15) is 94.3 Å². The number of aromatic nitrogens is 9. The highest BCUT2D eigenvalue weighted by atomic mass is 35.5. The van der Waals surface area contributed by atoms with Crippen molar-refractivity contribution in [1.82, 2.24) is 49.3 Å². The summed E-state index contributed by atoms with van der Waals surface area (Å²) in [6.45, 7) is 10.5. The van der Waals surface area contributed by atoms with Crippen LogP contribution in [0, 0.1) is 27.7 Å². The predicted molar refractivity (Wildman–Crippen MR) is 242 cm³/mol. The molecule has 20 heteroatoms. The third-order valence-electron chi connectivity index (χ3n) is 9.29. The van der Waals surface area contributed by atoms with Crippen molar-refractivity contribution in [2.45, 2.75) is 62.4 Å². The zero-order valence-corrected chi connectivity index (χ0v) is 34.0. The van der Waals surface area contributed by atoms with Gasteiger partial charge in [0, 0.05) is 34.2 Å². The number of nitrogen functional groups attached to an aromatic ring is 4. The fraction of sp³-hybridized carbons (Fsp3) is 0.214. The lowest BCUT2D eigenvalue weighted by atomic mass is 10.1. The van der Waals surface area contributed by atoms with E-state index >= 15 is 0 Å². The number of ketones is 1. The zero-order valence-electron chi connectivity index (χ0n) is 33.3. The molecular formula is C42H49ClN14O5. The summed E-state index contributed by atoms with van der Waals surface area (Å²) in [6, 6.07) is 19.5. The number of aromatic amines is 1. The number of rotatable bonds is 6. The summed E-state index contributed by atoms with van der Waals surface area (Å²) in [6.07, 6.45) is 0. The van der Waals surface area contributed by atoms with E-state index in [1.165, 1.54) is 11.4 Å². The summed E-state index contributed by atoms with van der Waals surface area (Å²) < 4.78 is 4.57. The first-order valence-corrected chi connectivity index (χ1v) is 18.6. The highest BCUT2D eigenvalue weighted by molar-refractivity contribution is 6.35. The summed E-state index contributed by atoms with van der Waals surface area (Å²) in [4.78, 5) is 57.3. The number of nitrogens with two attached hydrogens (primary N) is 4. The van der Waals surface area contributed by atoms with Crippen LogP contribution in [-0.4, -0.2) is 66.7 Å². The highest BCUT2D eigenvalue weighted by Gasteiger charge is 2.25. The number of hydrogen-bond donors (Lipinski definition) is 7. The number of carbonyl (C=O) groups is 3. The van der Waals surface area contributed by atoms with Crippen LogP contribution in [0.3, 0.4) is 0 Å². The minimum absolute atomic E-state index is 0. The van der Waals surface area contributed by atoms with Crippen LogP contribution in [0.15, 0.2) is 71.5 Å². The number of halogens is 1. The number of aromatic carboxylic acids is 1. The lowest BCUT2D eigenvalue weighted by Crippen LogP contribution is -2.32. The second kappa shape index (κ2) is 18.6. The first kappa shape index (κ1) is 46.9. The van der Waals surface area contributed by atoms with Crippen molar-refractivity contribution in [2.75, 3.05) is 22.9 Å². The van der Waals surface area contributed by atoms with E-state index in [1.54, 1.807) is 28.1 Å². The van der Waals surface area contributed by atoms with Gasteiger partial charge in [0.15, 0.2) is 34.5 Å². The van der Waals surface area contributed by atoms with Crippen molar-refractivity contribution < 1.29 is 19.5 Å². The Hall–Kier alpha value is -7.80. The number of pyridine rings is 1. The Morgan fingerprint density at radius 3 is 1.82 bits per heavy atom. The SMILES string of the molecule is C.C.CC(=O)c1c(N)n[nH]c1N.Cc1cc(C)n2nc(N)c(C(=O)N[C@@H](C)c3cc4cccc(Cl)c4c(=O)n3-c3ccccc3)c2n1.Cc1cc(C)n2nc(N)c(C(=O)O)c2n1. The number of hydrogen-bond acceptors (Lipinski definition) is 13. The molecule has 2 aromatic carbocycles. The van der Waals surface area contributed by atoms with Gasteiger partial charge in [0.2, 0.25) is 0 Å². The van der Waals surface area contributed by atoms with Gasteiger partial charge in [-0.25, -0.2) is 23.8 Å². The maximum absolute atomic E-state index is 13.6. The van der Waals surface area contributed by atoms with E-state index in [1.807, 2.05) is 82.3 Å². The number of H-pyrrole nitrogens is 1. The number of anilines is 4. The van der Waals surface area contributed by atoms with Crippen LogP contribution in [0.5, 0.6) is 0 Å². The van der Waals surface area contributed by atoms with E-state index < -0.39 is 17.9 Å². The van der Waals surface area contributed by atoms with Crippen molar-refractivity contribution in [1.29, 1.82) is 0 Å². The largest absolute Gasteiger partial charge is 0.477 e. The molecule has 0 radical (unpaired) electrons. The number of Topliss-reactive ketones (excluding diaryl/α,β-unsaturated/α-hetero) is 1. The van der Waals surface area contributed by atoms with Crippen molar-refractivity contribution in [3.05, 3.63) is 127 Å². The van der Waals surface area contributed by atoms with Crippen LogP contribution >= 0.6 is 11.6 Å². The second-order valence-corrected chi connectivity index (χ2v) is 14.2. The summed E-state index contributed by atoms with van der Waals surface area (Å²) >= 11 is 6.39. The van der Waals surface area contributed by atoms with Gasteiger partial charge in [-0.05, 0) is 83.3 Å². The minimum Gasteiger partial charge on any atom is -0.477 e. The Balaban J connectivity index is 0.000000257. The number of aryl methyl sites for hydroxylation is 4. The van der Waals surface area contributed by atoms with Crippen molar-refractivity contribution in [2.24, 2.45) is 0 Å². The van der Waals surface area contributed by atoms with E-state index in [0.29, 0.717) is 32.8 Å². The normalized spacial score (nSPS) is 11.1. The molecule has 0 fully saturated rings. The molecule has 0 aliphatic heterocycles. The van der Waals surface area contributed by atoms with Crippen LogP contribution in [0.25, 0.3) is 27.8 Å². The second-order valence-electron chi connectivity index (χ2n) is 13.8. The average molecular weight is 865 g/mol. The van der Waals surface area contributed by atoms with Crippen molar-refractivity contribution >= 4 is 74.6 Å². The molecule has 0 saturated carbocycles. The van der Waals surface area contributed by atoms with E-state index in [9.17, 15) is 19.2 Å². The number of carboxylic acid groups (broad SMARTS) is 1. The quantitative estimate of drug-likeness (QED) is 0.0936. The number of carboxylic acids is 1. The molecular weight excluding hydrogens is 816 g/mol. The Bertz CT molecular complexity index is 3020. The average Bonchev–Trinajstić information content (AvgIpc) is 3.82. The smallest absolute Gasteiger partial charge is 0.343 e. The summed E-state index contributed by atoms with van der Waals surface area (Å²) in [5.74, 6) is -1.26. The van der Waals surface area contributed by atoms with Gasteiger partial charge in [-0.1, -0.05) is 56.8 Å². The Morgan fingerprint density at radius 1 is 0.774 bits per heavy atom. The van der Waals surface area contributed by atoms with Crippen LogP contribution < -0.4 is 33.8 Å². The fourth-order valence-corrected chi connectivity index (χ4v) is 6.95. The molecule has 0 spiro atoms.